The van der Waals surface area contributed by atoms with Gasteiger partial charge in [-0.1, -0.05) is 18.2 Å². The second kappa shape index (κ2) is 10.0. The number of carbonyl (C=O) groups is 3. The number of ether oxygens (including phenoxy) is 2. The summed E-state index contributed by atoms with van der Waals surface area (Å²) in [5, 5.41) is 13.6. The molecule has 0 aliphatic carbocycles. The molecule has 27 heavy (non-hydrogen) atoms. The molecule has 0 saturated carbocycles. The number of para-hydroxylation sites is 1. The molecule has 8 nitrogen and oxygen atoms in total. The van der Waals surface area contributed by atoms with Crippen molar-refractivity contribution in [2.24, 2.45) is 0 Å². The number of thiazole rings is 1. The second-order valence-corrected chi connectivity index (χ2v) is 6.28. The Kier molecular flexibility index (Phi) is 7.46. The Bertz CT molecular complexity index is 844. The van der Waals surface area contributed by atoms with Crippen molar-refractivity contribution in [2.45, 2.75) is 12.8 Å². The summed E-state index contributed by atoms with van der Waals surface area (Å²) in [5.41, 5.74) is 0.709. The molecule has 0 unspecified atom stereocenters. The first kappa shape index (κ1) is 20.1. The molecule has 1 N–H and O–H groups in total. The van der Waals surface area contributed by atoms with Crippen molar-refractivity contribution in [2.75, 3.05) is 19.8 Å². The predicted octanol–water partition coefficient (Wildman–Crippen LogP) is 1.37. The zero-order valence-corrected chi connectivity index (χ0v) is 15.3. The summed E-state index contributed by atoms with van der Waals surface area (Å²) in [5.74, 6) is -2.41. The number of aryl methyl sites for hydroxylation is 1. The van der Waals surface area contributed by atoms with Gasteiger partial charge < -0.3 is 14.8 Å². The van der Waals surface area contributed by atoms with Gasteiger partial charge in [0.1, 0.15) is 17.3 Å². The van der Waals surface area contributed by atoms with Crippen molar-refractivity contribution in [3.8, 4) is 11.8 Å². The van der Waals surface area contributed by atoms with Crippen LogP contribution in [0.2, 0.25) is 0 Å². The van der Waals surface area contributed by atoms with Gasteiger partial charge in [-0.3, -0.25) is 14.4 Å². The summed E-state index contributed by atoms with van der Waals surface area (Å²) in [6.07, 6.45) is 0. The van der Waals surface area contributed by atoms with Gasteiger partial charge in [-0.25, -0.2) is 4.98 Å². The van der Waals surface area contributed by atoms with Crippen molar-refractivity contribution >= 4 is 29.0 Å². The van der Waals surface area contributed by atoms with E-state index in [2.05, 4.69) is 10.3 Å². The smallest absolute Gasteiger partial charge is 0.325 e. The summed E-state index contributed by atoms with van der Waals surface area (Å²) in [4.78, 5) is 39.4. The molecule has 1 amide bonds. The molecule has 2 rings (SSSR count). The van der Waals surface area contributed by atoms with E-state index >= 15 is 0 Å². The molecule has 140 valence electrons. The molecule has 2 aromatic rings. The molecule has 1 heterocycles. The normalized spacial score (nSPS) is 11.1. The quantitative estimate of drug-likeness (QED) is 0.645. The van der Waals surface area contributed by atoms with Gasteiger partial charge in [-0.2, -0.15) is 5.26 Å². The number of esters is 1. The van der Waals surface area contributed by atoms with Crippen molar-refractivity contribution in [3.05, 3.63) is 46.4 Å². The fourth-order valence-electron chi connectivity index (χ4n) is 1.94. The van der Waals surface area contributed by atoms with Crippen LogP contribution in [0.15, 0.2) is 35.7 Å². The summed E-state index contributed by atoms with van der Waals surface area (Å²) >= 11 is 1.20. The van der Waals surface area contributed by atoms with Gasteiger partial charge in [-0.15, -0.1) is 11.3 Å². The molecular weight excluding hydrogens is 370 g/mol. The number of nitrogens with zero attached hydrogens (tertiary/aromatic N) is 2. The number of Topliss-reactive ketones (excluding diaryl/α,β-unsaturated/α-hetero) is 1. The third-order valence-corrected chi connectivity index (χ3v) is 4.28. The van der Waals surface area contributed by atoms with Crippen LogP contribution in [0, 0.1) is 18.3 Å². The maximum atomic E-state index is 12.0. The molecule has 0 saturated heterocycles. The standard InChI is InChI=1S/C18H17N3O5S/c1-12-11-27-18(21-12)14(7-19)15(22)9-26-17(24)8-20-16(23)10-25-13-5-3-2-4-6-13/h2-6,11,14H,8-10H2,1H3,(H,20,23)/t14-/m1/s1. The number of hydrogen-bond donors (Lipinski definition) is 1. The van der Waals surface area contributed by atoms with E-state index in [1.54, 1.807) is 36.6 Å². The van der Waals surface area contributed by atoms with E-state index in [1.807, 2.05) is 12.1 Å². The molecule has 1 atom stereocenters. The van der Waals surface area contributed by atoms with Gasteiger partial charge in [0.2, 0.25) is 0 Å². The summed E-state index contributed by atoms with van der Waals surface area (Å²) in [6, 6.07) is 10.6. The van der Waals surface area contributed by atoms with Gasteiger partial charge in [0, 0.05) is 11.1 Å². The minimum absolute atomic E-state index is 0.254. The Hall–Kier alpha value is -3.25. The lowest BCUT2D eigenvalue weighted by Crippen LogP contribution is -2.35. The fourth-order valence-corrected chi connectivity index (χ4v) is 2.80. The first-order chi connectivity index (χ1) is 13.0. The number of ketones is 1. The SMILES string of the molecule is Cc1csc([C@H](C#N)C(=O)COC(=O)CNC(=O)COc2ccccc2)n1. The van der Waals surface area contributed by atoms with Crippen LogP contribution in [-0.2, 0) is 19.1 Å². The Morgan fingerprint density at radius 1 is 1.26 bits per heavy atom. The third-order valence-electron chi connectivity index (χ3n) is 3.25. The highest BCUT2D eigenvalue weighted by atomic mass is 32.1. The van der Waals surface area contributed by atoms with Gasteiger partial charge in [-0.05, 0) is 19.1 Å². The van der Waals surface area contributed by atoms with E-state index in [-0.39, 0.29) is 6.61 Å². The van der Waals surface area contributed by atoms with E-state index in [0.29, 0.717) is 16.5 Å². The minimum atomic E-state index is -1.08. The molecule has 1 aromatic carbocycles. The average Bonchev–Trinajstić information content (AvgIpc) is 3.10. The number of rotatable bonds is 9. The molecule has 0 aliphatic heterocycles. The maximum absolute atomic E-state index is 12.0. The van der Waals surface area contributed by atoms with E-state index in [9.17, 15) is 14.4 Å². The Balaban J connectivity index is 1.70. The Morgan fingerprint density at radius 2 is 2.00 bits per heavy atom. The van der Waals surface area contributed by atoms with Crippen molar-refractivity contribution in [1.29, 1.82) is 5.26 Å². The second-order valence-electron chi connectivity index (χ2n) is 5.39. The molecule has 0 radical (unpaired) electrons. The Morgan fingerprint density at radius 3 is 2.63 bits per heavy atom. The monoisotopic (exact) mass is 387 g/mol. The van der Waals surface area contributed by atoms with E-state index in [0.717, 1.165) is 0 Å². The van der Waals surface area contributed by atoms with Crippen molar-refractivity contribution < 1.29 is 23.9 Å². The summed E-state index contributed by atoms with van der Waals surface area (Å²) < 4.78 is 10.0. The van der Waals surface area contributed by atoms with Gasteiger partial charge in [0.15, 0.2) is 24.9 Å². The number of nitrogens with one attached hydrogen (secondary N) is 1. The van der Waals surface area contributed by atoms with Crippen LogP contribution in [0.25, 0.3) is 0 Å². The lowest BCUT2D eigenvalue weighted by atomic mass is 10.1. The highest BCUT2D eigenvalue weighted by molar-refractivity contribution is 7.09. The highest BCUT2D eigenvalue weighted by Gasteiger charge is 2.24. The van der Waals surface area contributed by atoms with Crippen LogP contribution in [0.5, 0.6) is 5.75 Å². The van der Waals surface area contributed by atoms with Crippen LogP contribution in [0.1, 0.15) is 16.6 Å². The number of nitriles is 1. The van der Waals surface area contributed by atoms with Crippen LogP contribution in [0.3, 0.4) is 0 Å². The molecule has 0 bridgehead atoms. The van der Waals surface area contributed by atoms with Gasteiger partial charge in [0.05, 0.1) is 6.07 Å². The minimum Gasteiger partial charge on any atom is -0.484 e. The lowest BCUT2D eigenvalue weighted by molar-refractivity contribution is -0.148. The molecule has 0 aliphatic rings. The number of amides is 1. The summed E-state index contributed by atoms with van der Waals surface area (Å²) in [7, 11) is 0. The fraction of sp³-hybridized carbons (Fsp3) is 0.278. The van der Waals surface area contributed by atoms with Crippen molar-refractivity contribution in [1.82, 2.24) is 10.3 Å². The zero-order valence-electron chi connectivity index (χ0n) is 14.5. The molecule has 9 heteroatoms. The molecule has 0 fully saturated rings. The van der Waals surface area contributed by atoms with Gasteiger partial charge in [0.25, 0.3) is 5.91 Å². The number of carbonyl (C=O) groups excluding carboxylic acids is 3. The molecule has 0 spiro atoms. The average molecular weight is 387 g/mol. The first-order valence-electron chi connectivity index (χ1n) is 7.94. The van der Waals surface area contributed by atoms with Crippen LogP contribution in [0.4, 0.5) is 0 Å². The number of aromatic nitrogens is 1. The largest absolute Gasteiger partial charge is 0.484 e. The highest BCUT2D eigenvalue weighted by Crippen LogP contribution is 2.20. The zero-order chi connectivity index (χ0) is 19.6. The van der Waals surface area contributed by atoms with E-state index < -0.39 is 36.7 Å². The predicted molar refractivity (Wildman–Crippen MR) is 96.1 cm³/mol. The summed E-state index contributed by atoms with van der Waals surface area (Å²) in [6.45, 7) is 0.531. The topological polar surface area (TPSA) is 118 Å². The van der Waals surface area contributed by atoms with Crippen LogP contribution >= 0.6 is 11.3 Å². The first-order valence-corrected chi connectivity index (χ1v) is 8.82. The Labute approximate surface area is 159 Å². The lowest BCUT2D eigenvalue weighted by Gasteiger charge is -2.08. The maximum Gasteiger partial charge on any atom is 0.325 e. The molecular formula is C18H17N3O5S. The van der Waals surface area contributed by atoms with Crippen LogP contribution in [-0.4, -0.2) is 42.4 Å². The van der Waals surface area contributed by atoms with E-state index in [4.69, 9.17) is 14.7 Å². The molecule has 1 aromatic heterocycles. The number of benzene rings is 1. The van der Waals surface area contributed by atoms with E-state index in [1.165, 1.54) is 11.3 Å². The number of hydrogen-bond acceptors (Lipinski definition) is 8. The van der Waals surface area contributed by atoms with Crippen LogP contribution < -0.4 is 10.1 Å². The van der Waals surface area contributed by atoms with Crippen molar-refractivity contribution in [3.63, 3.8) is 0 Å². The third kappa shape index (κ3) is 6.52. The van der Waals surface area contributed by atoms with Gasteiger partial charge >= 0.3 is 5.97 Å².